The highest BCUT2D eigenvalue weighted by Crippen LogP contribution is 2.35. The van der Waals surface area contributed by atoms with Gasteiger partial charge in [0, 0.05) is 17.3 Å². The minimum absolute atomic E-state index is 0.193. The fraction of sp³-hybridized carbons (Fsp3) is 0.212. The number of hydrogen-bond donors (Lipinski definition) is 0. The van der Waals surface area contributed by atoms with Crippen molar-refractivity contribution in [2.24, 2.45) is 4.99 Å². The first-order valence-corrected chi connectivity index (χ1v) is 14.5. The summed E-state index contributed by atoms with van der Waals surface area (Å²) >= 11 is 1.21. The number of hydrogen-bond acceptors (Lipinski definition) is 9. The number of nitriles is 1. The van der Waals surface area contributed by atoms with Crippen molar-refractivity contribution in [3.63, 3.8) is 0 Å². The first-order valence-electron chi connectivity index (χ1n) is 13.7. The van der Waals surface area contributed by atoms with Gasteiger partial charge in [0.25, 0.3) is 5.56 Å². The van der Waals surface area contributed by atoms with Gasteiger partial charge >= 0.3 is 5.97 Å². The molecule has 1 aliphatic heterocycles. The number of methoxy groups -OCH3 is 1. The molecule has 1 aliphatic rings. The Hall–Kier alpha value is -5.14. The lowest BCUT2D eigenvalue weighted by atomic mass is 9.97. The molecule has 0 radical (unpaired) electrons. The standard InChI is InChI=1S/C33H29N3O6S/c1-4-40-27-15-14-22(16-28(27)41-5-2)30-25(32(38)39-3)19-35-33-36(30)31(37)29(43-33)17-21-10-8-9-13-26(21)42-20-24-12-7-6-11-23(24)18-34/h6-17,19,30H,4-5,20H2,1-3H3/b29-17+/t30-/m1/s1. The van der Waals surface area contributed by atoms with Crippen LogP contribution in [0.1, 0.15) is 42.1 Å². The van der Waals surface area contributed by atoms with Gasteiger partial charge in [-0.15, -0.1) is 0 Å². The van der Waals surface area contributed by atoms with Gasteiger partial charge in [0.05, 0.1) is 48.1 Å². The number of para-hydroxylation sites is 1. The second kappa shape index (κ2) is 13.2. The minimum atomic E-state index is -0.797. The summed E-state index contributed by atoms with van der Waals surface area (Å²) in [4.78, 5) is 31.7. The van der Waals surface area contributed by atoms with Crippen LogP contribution in [0.5, 0.6) is 17.2 Å². The minimum Gasteiger partial charge on any atom is -0.490 e. The third kappa shape index (κ3) is 6.08. The molecule has 0 saturated carbocycles. The van der Waals surface area contributed by atoms with Crippen molar-refractivity contribution >= 4 is 23.4 Å². The lowest BCUT2D eigenvalue weighted by Crippen LogP contribution is -2.39. The smallest absolute Gasteiger partial charge is 0.337 e. The Balaban J connectivity index is 1.58. The molecule has 218 valence electrons. The number of fused-ring (bicyclic) bond motifs is 1. The van der Waals surface area contributed by atoms with Gasteiger partial charge in [-0.25, -0.2) is 9.79 Å². The van der Waals surface area contributed by atoms with Gasteiger partial charge in [0.2, 0.25) is 0 Å². The predicted molar refractivity (Wildman–Crippen MR) is 162 cm³/mol. The lowest BCUT2D eigenvalue weighted by Gasteiger charge is -2.23. The van der Waals surface area contributed by atoms with Gasteiger partial charge in [0.1, 0.15) is 12.4 Å². The molecule has 1 atom stereocenters. The van der Waals surface area contributed by atoms with Gasteiger partial charge in [0.15, 0.2) is 16.3 Å². The molecule has 43 heavy (non-hydrogen) atoms. The quantitative estimate of drug-likeness (QED) is 0.252. The van der Waals surface area contributed by atoms with Gasteiger partial charge in [-0.1, -0.05) is 53.8 Å². The van der Waals surface area contributed by atoms with E-state index in [9.17, 15) is 14.9 Å². The highest BCUT2D eigenvalue weighted by Gasteiger charge is 2.31. The average Bonchev–Trinajstić information content (AvgIpc) is 3.35. The highest BCUT2D eigenvalue weighted by atomic mass is 32.1. The second-order valence-electron chi connectivity index (χ2n) is 9.34. The molecule has 0 unspecified atom stereocenters. The van der Waals surface area contributed by atoms with Gasteiger partial charge < -0.3 is 18.9 Å². The normalized spacial score (nSPS) is 14.1. The van der Waals surface area contributed by atoms with Crippen LogP contribution in [0.2, 0.25) is 0 Å². The van der Waals surface area contributed by atoms with Crippen molar-refractivity contribution in [3.8, 4) is 23.3 Å². The monoisotopic (exact) mass is 595 g/mol. The number of carbonyl (C=O) groups excluding carboxylic acids is 1. The Morgan fingerprint density at radius 3 is 2.51 bits per heavy atom. The molecule has 0 saturated heterocycles. The summed E-state index contributed by atoms with van der Waals surface area (Å²) in [6, 6.07) is 21.3. The molecule has 4 aromatic rings. The lowest BCUT2D eigenvalue weighted by molar-refractivity contribution is -0.136. The van der Waals surface area contributed by atoms with Crippen molar-refractivity contribution in [1.29, 1.82) is 5.26 Å². The van der Waals surface area contributed by atoms with Gasteiger partial charge in [-0.05, 0) is 49.8 Å². The summed E-state index contributed by atoms with van der Waals surface area (Å²) in [5.41, 5.74) is 2.53. The highest BCUT2D eigenvalue weighted by molar-refractivity contribution is 7.07. The van der Waals surface area contributed by atoms with Crippen LogP contribution in [-0.2, 0) is 16.1 Å². The topological polar surface area (TPSA) is 112 Å². The molecule has 3 aromatic carbocycles. The van der Waals surface area contributed by atoms with Crippen molar-refractivity contribution in [3.05, 3.63) is 120 Å². The van der Waals surface area contributed by atoms with Crippen LogP contribution >= 0.6 is 11.3 Å². The van der Waals surface area contributed by atoms with Crippen LogP contribution in [-0.4, -0.2) is 30.9 Å². The van der Waals surface area contributed by atoms with E-state index in [-0.39, 0.29) is 17.7 Å². The van der Waals surface area contributed by atoms with E-state index in [4.69, 9.17) is 18.9 Å². The first kappa shape index (κ1) is 29.4. The average molecular weight is 596 g/mol. The Bertz CT molecular complexity index is 1920. The molecule has 5 rings (SSSR count). The Morgan fingerprint density at radius 1 is 1.00 bits per heavy atom. The molecule has 2 heterocycles. The molecule has 0 spiro atoms. The predicted octanol–water partition coefficient (Wildman–Crippen LogP) is 4.27. The molecule has 1 aromatic heterocycles. The summed E-state index contributed by atoms with van der Waals surface area (Å²) < 4.78 is 24.6. The Labute approximate surface area is 252 Å². The van der Waals surface area contributed by atoms with Crippen LogP contribution in [0.4, 0.5) is 0 Å². The van der Waals surface area contributed by atoms with Crippen LogP contribution in [0, 0.1) is 11.3 Å². The molecule has 0 amide bonds. The maximum Gasteiger partial charge on any atom is 0.337 e. The number of nitrogens with zero attached hydrogens (tertiary/aromatic N) is 3. The van der Waals surface area contributed by atoms with Crippen molar-refractivity contribution < 1.29 is 23.7 Å². The molecular formula is C33H29N3O6S. The van der Waals surface area contributed by atoms with Crippen molar-refractivity contribution in [2.45, 2.75) is 26.5 Å². The zero-order valence-corrected chi connectivity index (χ0v) is 24.7. The zero-order chi connectivity index (χ0) is 30.3. The van der Waals surface area contributed by atoms with E-state index in [1.807, 2.05) is 50.2 Å². The fourth-order valence-electron chi connectivity index (χ4n) is 4.77. The third-order valence-corrected chi connectivity index (χ3v) is 7.73. The summed E-state index contributed by atoms with van der Waals surface area (Å²) in [6.45, 7) is 4.81. The molecule has 0 bridgehead atoms. The van der Waals surface area contributed by atoms with Crippen LogP contribution in [0.25, 0.3) is 6.08 Å². The van der Waals surface area contributed by atoms with E-state index in [2.05, 4.69) is 11.1 Å². The molecule has 0 aliphatic carbocycles. The first-order chi connectivity index (χ1) is 21.0. The van der Waals surface area contributed by atoms with Crippen LogP contribution in [0.15, 0.2) is 88.3 Å². The summed E-state index contributed by atoms with van der Waals surface area (Å²) in [5.74, 6) is 1.04. The number of carbonyl (C=O) groups is 1. The number of benzene rings is 3. The molecule has 9 nitrogen and oxygen atoms in total. The van der Waals surface area contributed by atoms with Crippen molar-refractivity contribution in [2.75, 3.05) is 20.3 Å². The number of esters is 1. The molecular weight excluding hydrogens is 566 g/mol. The summed E-state index contributed by atoms with van der Waals surface area (Å²) in [5, 5.41) is 9.43. The van der Waals surface area contributed by atoms with E-state index in [1.54, 1.807) is 36.4 Å². The molecule has 0 N–H and O–H groups in total. The number of rotatable bonds is 10. The summed E-state index contributed by atoms with van der Waals surface area (Å²) in [7, 11) is 1.29. The number of aromatic nitrogens is 1. The Kier molecular flexibility index (Phi) is 9.03. The molecule has 0 fully saturated rings. The van der Waals surface area contributed by atoms with E-state index >= 15 is 0 Å². The largest absolute Gasteiger partial charge is 0.490 e. The van der Waals surface area contributed by atoms with E-state index < -0.39 is 12.0 Å². The number of thiazole rings is 1. The maximum atomic E-state index is 14.0. The summed E-state index contributed by atoms with van der Waals surface area (Å²) in [6.07, 6.45) is 3.20. The van der Waals surface area contributed by atoms with Crippen molar-refractivity contribution in [1.82, 2.24) is 4.57 Å². The van der Waals surface area contributed by atoms with E-state index in [0.29, 0.717) is 56.5 Å². The zero-order valence-electron chi connectivity index (χ0n) is 23.9. The fourth-order valence-corrected chi connectivity index (χ4v) is 5.73. The second-order valence-corrected chi connectivity index (χ2v) is 10.4. The number of ether oxygens (including phenoxy) is 4. The van der Waals surface area contributed by atoms with E-state index in [1.165, 1.54) is 29.2 Å². The SMILES string of the molecule is CCOc1ccc([C@@H]2C(C(=O)OC)=CN=c3s/c(=C/c4ccccc4OCc4ccccc4C#N)c(=O)n32)cc1OCC. The van der Waals surface area contributed by atoms with Crippen LogP contribution in [0.3, 0.4) is 0 Å². The maximum absolute atomic E-state index is 14.0. The third-order valence-electron chi connectivity index (χ3n) is 6.73. The van der Waals surface area contributed by atoms with Gasteiger partial charge in [-0.3, -0.25) is 9.36 Å². The van der Waals surface area contributed by atoms with Crippen LogP contribution < -0.4 is 29.1 Å². The molecule has 10 heteroatoms. The van der Waals surface area contributed by atoms with Gasteiger partial charge in [-0.2, -0.15) is 5.26 Å². The van der Waals surface area contributed by atoms with E-state index in [0.717, 1.165) is 5.56 Å². The Morgan fingerprint density at radius 2 is 1.74 bits per heavy atom.